The third-order valence-electron chi connectivity index (χ3n) is 5.32. The SMILES string of the molecule is Cc1cc(C)cc(OC(C)C(=O)N2CCC(c3nc4ccccc4o3)CC2)c1. The van der Waals surface area contributed by atoms with E-state index in [0.717, 1.165) is 46.7 Å². The molecule has 1 fully saturated rings. The molecule has 0 spiro atoms. The molecule has 146 valence electrons. The van der Waals surface area contributed by atoms with Crippen LogP contribution in [0.5, 0.6) is 5.75 Å². The number of para-hydroxylation sites is 2. The first-order valence-electron chi connectivity index (χ1n) is 9.89. The van der Waals surface area contributed by atoms with Crippen LogP contribution >= 0.6 is 0 Å². The van der Waals surface area contributed by atoms with Crippen LogP contribution in [0, 0.1) is 13.8 Å². The van der Waals surface area contributed by atoms with Crippen LogP contribution in [0.2, 0.25) is 0 Å². The van der Waals surface area contributed by atoms with E-state index in [9.17, 15) is 4.79 Å². The monoisotopic (exact) mass is 378 g/mol. The Morgan fingerprint density at radius 2 is 1.82 bits per heavy atom. The molecule has 3 aromatic rings. The highest BCUT2D eigenvalue weighted by Gasteiger charge is 2.29. The van der Waals surface area contributed by atoms with E-state index in [4.69, 9.17) is 9.15 Å². The highest BCUT2D eigenvalue weighted by atomic mass is 16.5. The van der Waals surface area contributed by atoms with Crippen LogP contribution < -0.4 is 4.74 Å². The molecule has 5 nitrogen and oxygen atoms in total. The van der Waals surface area contributed by atoms with Gasteiger partial charge in [0, 0.05) is 19.0 Å². The Labute approximate surface area is 165 Å². The number of hydrogen-bond acceptors (Lipinski definition) is 4. The van der Waals surface area contributed by atoms with Gasteiger partial charge in [-0.15, -0.1) is 0 Å². The smallest absolute Gasteiger partial charge is 0.263 e. The second-order valence-corrected chi connectivity index (χ2v) is 7.70. The van der Waals surface area contributed by atoms with E-state index >= 15 is 0 Å². The number of carbonyl (C=O) groups excluding carboxylic acids is 1. The maximum atomic E-state index is 12.8. The van der Waals surface area contributed by atoms with Gasteiger partial charge in [-0.05, 0) is 69.0 Å². The molecule has 0 saturated carbocycles. The van der Waals surface area contributed by atoms with Gasteiger partial charge in [0.25, 0.3) is 5.91 Å². The number of carbonyl (C=O) groups is 1. The topological polar surface area (TPSA) is 55.6 Å². The molecule has 1 amide bonds. The molecule has 1 saturated heterocycles. The van der Waals surface area contributed by atoms with Crippen LogP contribution in [-0.4, -0.2) is 35.0 Å². The van der Waals surface area contributed by atoms with E-state index < -0.39 is 6.10 Å². The summed E-state index contributed by atoms with van der Waals surface area (Å²) in [4.78, 5) is 19.3. The minimum atomic E-state index is -0.498. The highest BCUT2D eigenvalue weighted by molar-refractivity contribution is 5.81. The molecule has 2 heterocycles. The third kappa shape index (κ3) is 3.88. The zero-order valence-corrected chi connectivity index (χ0v) is 16.6. The van der Waals surface area contributed by atoms with Crippen molar-refractivity contribution in [2.45, 2.75) is 45.6 Å². The summed E-state index contributed by atoms with van der Waals surface area (Å²) in [6.07, 6.45) is 1.21. The Bertz CT molecular complexity index is 933. The van der Waals surface area contributed by atoms with Crippen molar-refractivity contribution in [2.24, 2.45) is 0 Å². The van der Waals surface area contributed by atoms with E-state index in [0.29, 0.717) is 13.1 Å². The number of aryl methyl sites for hydroxylation is 2. The van der Waals surface area contributed by atoms with Crippen molar-refractivity contribution in [3.63, 3.8) is 0 Å². The molecule has 1 unspecified atom stereocenters. The van der Waals surface area contributed by atoms with Crippen molar-refractivity contribution < 1.29 is 13.9 Å². The normalized spacial score (nSPS) is 16.3. The molecular formula is C23H26N2O3. The second-order valence-electron chi connectivity index (χ2n) is 7.70. The lowest BCUT2D eigenvalue weighted by atomic mass is 9.96. The Morgan fingerprint density at radius 1 is 1.14 bits per heavy atom. The molecule has 0 N–H and O–H groups in total. The second kappa shape index (κ2) is 7.66. The van der Waals surface area contributed by atoms with Crippen molar-refractivity contribution in [3.8, 4) is 5.75 Å². The average Bonchev–Trinajstić information content (AvgIpc) is 3.11. The minimum Gasteiger partial charge on any atom is -0.481 e. The maximum Gasteiger partial charge on any atom is 0.263 e. The summed E-state index contributed by atoms with van der Waals surface area (Å²) >= 11 is 0. The van der Waals surface area contributed by atoms with Crippen molar-refractivity contribution in [1.29, 1.82) is 0 Å². The van der Waals surface area contributed by atoms with Gasteiger partial charge in [-0.2, -0.15) is 0 Å². The standard InChI is InChI=1S/C23H26N2O3/c1-15-12-16(2)14-19(13-15)27-17(3)23(26)25-10-8-18(9-11-25)22-24-20-6-4-5-7-21(20)28-22/h4-7,12-14,17-18H,8-11H2,1-3H3. The van der Waals surface area contributed by atoms with Gasteiger partial charge in [-0.1, -0.05) is 18.2 Å². The van der Waals surface area contributed by atoms with Crippen LogP contribution in [0.3, 0.4) is 0 Å². The average molecular weight is 378 g/mol. The lowest BCUT2D eigenvalue weighted by Crippen LogP contribution is -2.44. The van der Waals surface area contributed by atoms with E-state index in [-0.39, 0.29) is 11.8 Å². The van der Waals surface area contributed by atoms with Gasteiger partial charge < -0.3 is 14.1 Å². The Kier molecular flexibility index (Phi) is 5.07. The molecule has 0 bridgehead atoms. The van der Waals surface area contributed by atoms with Crippen LogP contribution in [0.1, 0.15) is 42.7 Å². The third-order valence-corrected chi connectivity index (χ3v) is 5.32. The number of fused-ring (bicyclic) bond motifs is 1. The molecule has 28 heavy (non-hydrogen) atoms. The zero-order chi connectivity index (χ0) is 19.7. The van der Waals surface area contributed by atoms with E-state index in [1.54, 1.807) is 0 Å². The molecule has 1 aliphatic heterocycles. The summed E-state index contributed by atoms with van der Waals surface area (Å²) < 4.78 is 11.8. The van der Waals surface area contributed by atoms with Crippen LogP contribution in [0.25, 0.3) is 11.1 Å². The molecule has 1 atom stereocenters. The lowest BCUT2D eigenvalue weighted by molar-refractivity contribution is -0.139. The number of amides is 1. The van der Waals surface area contributed by atoms with Crippen molar-refractivity contribution in [3.05, 3.63) is 59.5 Å². The minimum absolute atomic E-state index is 0.0372. The van der Waals surface area contributed by atoms with Gasteiger partial charge in [0.2, 0.25) is 0 Å². The van der Waals surface area contributed by atoms with Crippen molar-refractivity contribution in [1.82, 2.24) is 9.88 Å². The van der Waals surface area contributed by atoms with Crippen LogP contribution in [-0.2, 0) is 4.79 Å². The van der Waals surface area contributed by atoms with Crippen molar-refractivity contribution >= 4 is 17.0 Å². The molecule has 1 aliphatic rings. The molecule has 4 rings (SSSR count). The molecule has 2 aromatic carbocycles. The largest absolute Gasteiger partial charge is 0.481 e. The van der Waals surface area contributed by atoms with Gasteiger partial charge in [-0.25, -0.2) is 4.98 Å². The summed E-state index contributed by atoms with van der Waals surface area (Å²) in [7, 11) is 0. The lowest BCUT2D eigenvalue weighted by Gasteiger charge is -2.32. The maximum absolute atomic E-state index is 12.8. The first-order chi connectivity index (χ1) is 13.5. The predicted octanol–water partition coefficient (Wildman–Crippen LogP) is 4.62. The fraction of sp³-hybridized carbons (Fsp3) is 0.391. The number of piperidine rings is 1. The summed E-state index contributed by atoms with van der Waals surface area (Å²) in [6, 6.07) is 13.9. The molecule has 0 radical (unpaired) electrons. The number of likely N-dealkylation sites (tertiary alicyclic amines) is 1. The summed E-state index contributed by atoms with van der Waals surface area (Å²) in [5.74, 6) is 1.83. The Morgan fingerprint density at radius 3 is 2.50 bits per heavy atom. The van der Waals surface area contributed by atoms with Gasteiger partial charge >= 0.3 is 0 Å². The number of oxazole rings is 1. The predicted molar refractivity (Wildman–Crippen MR) is 109 cm³/mol. The summed E-state index contributed by atoms with van der Waals surface area (Å²) in [6.45, 7) is 7.28. The van der Waals surface area contributed by atoms with E-state index in [1.807, 2.05) is 62.1 Å². The van der Waals surface area contributed by atoms with Crippen molar-refractivity contribution in [2.75, 3.05) is 13.1 Å². The van der Waals surface area contributed by atoms with Gasteiger partial charge in [0.1, 0.15) is 11.3 Å². The fourth-order valence-corrected chi connectivity index (χ4v) is 3.92. The Balaban J connectivity index is 1.36. The summed E-state index contributed by atoms with van der Waals surface area (Å²) in [5, 5.41) is 0. The first kappa shape index (κ1) is 18.5. The molecule has 0 aliphatic carbocycles. The first-order valence-corrected chi connectivity index (χ1v) is 9.89. The quantitative estimate of drug-likeness (QED) is 0.665. The number of benzene rings is 2. The number of ether oxygens (including phenoxy) is 1. The van der Waals surface area contributed by atoms with E-state index in [1.165, 1.54) is 0 Å². The van der Waals surface area contributed by atoms with Gasteiger partial charge in [-0.3, -0.25) is 4.79 Å². The number of nitrogens with zero attached hydrogens (tertiary/aromatic N) is 2. The molecular weight excluding hydrogens is 352 g/mol. The summed E-state index contributed by atoms with van der Waals surface area (Å²) in [5.41, 5.74) is 3.99. The zero-order valence-electron chi connectivity index (χ0n) is 16.6. The van der Waals surface area contributed by atoms with Gasteiger partial charge in [0.15, 0.2) is 17.6 Å². The Hall–Kier alpha value is -2.82. The fourth-order valence-electron chi connectivity index (χ4n) is 3.92. The van der Waals surface area contributed by atoms with E-state index in [2.05, 4.69) is 11.1 Å². The number of aromatic nitrogens is 1. The number of rotatable bonds is 4. The van der Waals surface area contributed by atoms with Crippen LogP contribution in [0.15, 0.2) is 46.9 Å². The molecule has 1 aromatic heterocycles. The number of hydrogen-bond donors (Lipinski definition) is 0. The molecule has 5 heteroatoms. The van der Waals surface area contributed by atoms with Crippen LogP contribution in [0.4, 0.5) is 0 Å². The van der Waals surface area contributed by atoms with Gasteiger partial charge in [0.05, 0.1) is 0 Å². The highest BCUT2D eigenvalue weighted by Crippen LogP contribution is 2.30.